The number of allylic oxidation sites excluding steroid dienone is 1. The van der Waals surface area contributed by atoms with Crippen molar-refractivity contribution in [3.05, 3.63) is 89.6 Å². The minimum atomic E-state index is -4.73. The zero-order valence-electron chi connectivity index (χ0n) is 18.6. The third-order valence-electron chi connectivity index (χ3n) is 6.27. The molecular formula is C26H27F3N2O2S. The van der Waals surface area contributed by atoms with Gasteiger partial charge in [0.1, 0.15) is 0 Å². The van der Waals surface area contributed by atoms with E-state index in [0.29, 0.717) is 6.54 Å². The van der Waals surface area contributed by atoms with E-state index in [-0.39, 0.29) is 12.5 Å². The van der Waals surface area contributed by atoms with Crippen LogP contribution in [0, 0.1) is 5.92 Å². The van der Waals surface area contributed by atoms with E-state index in [9.17, 15) is 21.6 Å². The first kappa shape index (κ1) is 24.3. The summed E-state index contributed by atoms with van der Waals surface area (Å²) in [6, 6.07) is 18.8. The molecule has 1 saturated carbocycles. The summed E-state index contributed by atoms with van der Waals surface area (Å²) in [5.74, 6) is 0.0861. The SMILES string of the molecule is O=S(=O)(NCC1CCC(=CNCc2cccc3ccccc23)CC1)c1ccccc1C(F)(F)F. The van der Waals surface area contributed by atoms with E-state index in [1.165, 1.54) is 34.0 Å². The molecule has 0 atom stereocenters. The second-order valence-corrected chi connectivity index (χ2v) is 10.3. The molecule has 2 N–H and O–H groups in total. The first-order valence-electron chi connectivity index (χ1n) is 11.3. The quantitative estimate of drug-likeness (QED) is 0.429. The Morgan fingerprint density at radius 3 is 2.35 bits per heavy atom. The lowest BCUT2D eigenvalue weighted by molar-refractivity contribution is -0.139. The van der Waals surface area contributed by atoms with Gasteiger partial charge in [0.2, 0.25) is 10.0 Å². The summed E-state index contributed by atoms with van der Waals surface area (Å²) in [7, 11) is -4.25. The Morgan fingerprint density at radius 1 is 0.912 bits per heavy atom. The first-order chi connectivity index (χ1) is 16.2. The molecule has 3 aromatic carbocycles. The maximum absolute atomic E-state index is 13.2. The minimum absolute atomic E-state index is 0.0861. The number of nitrogens with one attached hydrogen (secondary N) is 2. The molecule has 0 heterocycles. The van der Waals surface area contributed by atoms with E-state index in [0.717, 1.165) is 37.8 Å². The highest BCUT2D eigenvalue weighted by molar-refractivity contribution is 7.89. The molecule has 1 fully saturated rings. The second-order valence-electron chi connectivity index (χ2n) is 8.61. The predicted octanol–water partition coefficient (Wildman–Crippen LogP) is 6.00. The monoisotopic (exact) mass is 488 g/mol. The fourth-order valence-corrected chi connectivity index (χ4v) is 5.73. The summed E-state index contributed by atoms with van der Waals surface area (Å²) in [5.41, 5.74) is 1.34. The molecule has 180 valence electrons. The van der Waals surface area contributed by atoms with E-state index in [1.54, 1.807) is 0 Å². The van der Waals surface area contributed by atoms with Crippen molar-refractivity contribution in [2.45, 2.75) is 43.3 Å². The topological polar surface area (TPSA) is 58.2 Å². The fraction of sp³-hybridized carbons (Fsp3) is 0.308. The molecular weight excluding hydrogens is 461 g/mol. The molecule has 0 bridgehead atoms. The summed E-state index contributed by atoms with van der Waals surface area (Å²) in [6.07, 6.45) is 0.537. The van der Waals surface area contributed by atoms with Crippen LogP contribution in [0.5, 0.6) is 0 Å². The fourth-order valence-electron chi connectivity index (χ4n) is 4.39. The van der Waals surface area contributed by atoms with Gasteiger partial charge in [-0.2, -0.15) is 13.2 Å². The highest BCUT2D eigenvalue weighted by Crippen LogP contribution is 2.34. The predicted molar refractivity (Wildman–Crippen MR) is 127 cm³/mol. The molecule has 34 heavy (non-hydrogen) atoms. The lowest BCUT2D eigenvalue weighted by atomic mass is 9.86. The van der Waals surface area contributed by atoms with Gasteiger partial charge in [-0.3, -0.25) is 0 Å². The average molecular weight is 489 g/mol. The van der Waals surface area contributed by atoms with E-state index in [2.05, 4.69) is 34.3 Å². The summed E-state index contributed by atoms with van der Waals surface area (Å²) >= 11 is 0. The van der Waals surface area contributed by atoms with Crippen molar-refractivity contribution in [2.24, 2.45) is 5.92 Å². The van der Waals surface area contributed by atoms with Crippen molar-refractivity contribution < 1.29 is 21.6 Å². The summed E-state index contributed by atoms with van der Waals surface area (Å²) < 4.78 is 67.1. The van der Waals surface area contributed by atoms with Crippen molar-refractivity contribution in [3.63, 3.8) is 0 Å². The van der Waals surface area contributed by atoms with Crippen molar-refractivity contribution in [1.82, 2.24) is 10.0 Å². The molecule has 4 nitrogen and oxygen atoms in total. The van der Waals surface area contributed by atoms with E-state index >= 15 is 0 Å². The number of alkyl halides is 3. The van der Waals surface area contributed by atoms with Crippen molar-refractivity contribution >= 4 is 20.8 Å². The van der Waals surface area contributed by atoms with Gasteiger partial charge in [0.25, 0.3) is 0 Å². The highest BCUT2D eigenvalue weighted by Gasteiger charge is 2.37. The Labute approximate surface area is 197 Å². The molecule has 0 spiro atoms. The maximum Gasteiger partial charge on any atom is 0.417 e. The van der Waals surface area contributed by atoms with Crippen LogP contribution in [0.1, 0.15) is 36.8 Å². The van der Waals surface area contributed by atoms with E-state index < -0.39 is 26.7 Å². The van der Waals surface area contributed by atoms with Crippen LogP contribution in [0.25, 0.3) is 10.8 Å². The van der Waals surface area contributed by atoms with Crippen LogP contribution in [0.15, 0.2) is 83.4 Å². The van der Waals surface area contributed by atoms with Crippen molar-refractivity contribution in [2.75, 3.05) is 6.54 Å². The molecule has 1 aliphatic carbocycles. The molecule has 3 aromatic rings. The van der Waals surface area contributed by atoms with Crippen LogP contribution in [0.4, 0.5) is 13.2 Å². The van der Waals surface area contributed by atoms with Gasteiger partial charge in [0.15, 0.2) is 0 Å². The zero-order chi connectivity index (χ0) is 24.2. The Morgan fingerprint density at radius 2 is 1.59 bits per heavy atom. The number of rotatable bonds is 7. The molecule has 0 amide bonds. The lowest BCUT2D eigenvalue weighted by Crippen LogP contribution is -2.32. The number of sulfonamides is 1. The number of hydrogen-bond acceptors (Lipinski definition) is 3. The third-order valence-corrected chi connectivity index (χ3v) is 7.75. The zero-order valence-corrected chi connectivity index (χ0v) is 19.4. The number of halogens is 3. The van der Waals surface area contributed by atoms with Gasteiger partial charge in [-0.15, -0.1) is 0 Å². The average Bonchev–Trinajstić information content (AvgIpc) is 2.83. The molecule has 0 aromatic heterocycles. The standard InChI is InChI=1S/C26H27F3N2O2S/c27-26(28,29)24-10-3-4-11-25(24)34(32,33)31-17-20-14-12-19(13-15-20)16-30-18-22-8-5-7-21-6-1-2-9-23(21)22/h1-11,16,20,30-31H,12-15,17-18H2. The van der Waals surface area contributed by atoms with Gasteiger partial charge in [0, 0.05) is 13.1 Å². The van der Waals surface area contributed by atoms with Crippen LogP contribution in [-0.2, 0) is 22.7 Å². The first-order valence-corrected chi connectivity index (χ1v) is 12.8. The van der Waals surface area contributed by atoms with Gasteiger partial charge in [0.05, 0.1) is 10.5 Å². The maximum atomic E-state index is 13.2. The Hall–Kier alpha value is -2.84. The van der Waals surface area contributed by atoms with Crippen LogP contribution >= 0.6 is 0 Å². The van der Waals surface area contributed by atoms with Gasteiger partial charge in [-0.05, 0) is 66.3 Å². The number of fused-ring (bicyclic) bond motifs is 1. The molecule has 4 rings (SSSR count). The molecule has 0 saturated heterocycles. The summed E-state index contributed by atoms with van der Waals surface area (Å²) in [6.45, 7) is 0.845. The Bertz CT molecular complexity index is 1270. The van der Waals surface area contributed by atoms with Crippen LogP contribution in [-0.4, -0.2) is 15.0 Å². The summed E-state index contributed by atoms with van der Waals surface area (Å²) in [4.78, 5) is -0.725. The van der Waals surface area contributed by atoms with Gasteiger partial charge < -0.3 is 5.32 Å². The summed E-state index contributed by atoms with van der Waals surface area (Å²) in [5, 5.41) is 5.82. The van der Waals surface area contributed by atoms with E-state index in [1.807, 2.05) is 24.4 Å². The third kappa shape index (κ3) is 5.80. The van der Waals surface area contributed by atoms with Crippen molar-refractivity contribution in [3.8, 4) is 0 Å². The largest absolute Gasteiger partial charge is 0.417 e. The highest BCUT2D eigenvalue weighted by atomic mass is 32.2. The Balaban J connectivity index is 1.29. The van der Waals surface area contributed by atoms with Crippen molar-refractivity contribution in [1.29, 1.82) is 0 Å². The number of benzene rings is 3. The Kier molecular flexibility index (Phi) is 7.28. The molecule has 8 heteroatoms. The lowest BCUT2D eigenvalue weighted by Gasteiger charge is -2.24. The van der Waals surface area contributed by atoms with Gasteiger partial charge in [-0.1, -0.05) is 60.2 Å². The molecule has 0 unspecified atom stereocenters. The molecule has 0 radical (unpaired) electrons. The second kappa shape index (κ2) is 10.2. The molecule has 1 aliphatic rings. The van der Waals surface area contributed by atoms with E-state index in [4.69, 9.17) is 0 Å². The molecule has 0 aliphatic heterocycles. The minimum Gasteiger partial charge on any atom is -0.387 e. The number of hydrogen-bond donors (Lipinski definition) is 2. The smallest absolute Gasteiger partial charge is 0.387 e. The van der Waals surface area contributed by atoms with Gasteiger partial charge >= 0.3 is 6.18 Å². The van der Waals surface area contributed by atoms with Crippen LogP contribution in [0.3, 0.4) is 0 Å². The normalized spacial score (nSPS) is 17.0. The van der Waals surface area contributed by atoms with Crippen LogP contribution < -0.4 is 10.0 Å². The van der Waals surface area contributed by atoms with Gasteiger partial charge in [-0.25, -0.2) is 13.1 Å². The van der Waals surface area contributed by atoms with Crippen LogP contribution in [0.2, 0.25) is 0 Å².